The number of aliphatic imine (C=N–C) groups is 1. The van der Waals surface area contributed by atoms with E-state index in [0.29, 0.717) is 6.73 Å². The monoisotopic (exact) mass is 149 g/mol. The summed E-state index contributed by atoms with van der Waals surface area (Å²) >= 11 is 0. The number of hydrogen-bond acceptors (Lipinski definition) is 2. The minimum Gasteiger partial charge on any atom is -0.363 e. The number of benzene rings is 1. The van der Waals surface area contributed by atoms with Gasteiger partial charge in [0.1, 0.15) is 6.73 Å². The van der Waals surface area contributed by atoms with E-state index >= 15 is 0 Å². The first-order chi connectivity index (χ1) is 5.43. The summed E-state index contributed by atoms with van der Waals surface area (Å²) in [5.74, 6) is 0. The fraction of sp³-hybridized carbons (Fsp3) is 0.222. The predicted octanol–water partition coefficient (Wildman–Crippen LogP) is 1.71. The normalized spacial score (nSPS) is 10.6. The molecule has 0 aliphatic heterocycles. The van der Waals surface area contributed by atoms with Crippen LogP contribution < -0.4 is 0 Å². The molecule has 0 spiro atoms. The van der Waals surface area contributed by atoms with Crippen molar-refractivity contribution in [2.75, 3.05) is 13.8 Å². The van der Waals surface area contributed by atoms with E-state index in [-0.39, 0.29) is 0 Å². The molecule has 11 heavy (non-hydrogen) atoms. The van der Waals surface area contributed by atoms with Crippen molar-refractivity contribution in [1.82, 2.24) is 0 Å². The van der Waals surface area contributed by atoms with Crippen molar-refractivity contribution in [3.05, 3.63) is 35.9 Å². The van der Waals surface area contributed by atoms with E-state index in [4.69, 9.17) is 4.74 Å². The van der Waals surface area contributed by atoms with Crippen LogP contribution in [-0.2, 0) is 4.74 Å². The van der Waals surface area contributed by atoms with E-state index in [1.54, 1.807) is 13.3 Å². The minimum absolute atomic E-state index is 0.425. The molecule has 0 unspecified atom stereocenters. The average Bonchev–Trinajstić information content (AvgIpc) is 2.07. The Balaban J connectivity index is 2.50. The zero-order chi connectivity index (χ0) is 7.94. The number of methoxy groups -OCH3 is 1. The highest BCUT2D eigenvalue weighted by Crippen LogP contribution is 1.93. The Morgan fingerprint density at radius 2 is 2.09 bits per heavy atom. The van der Waals surface area contributed by atoms with Crippen molar-refractivity contribution < 1.29 is 4.74 Å². The highest BCUT2D eigenvalue weighted by Gasteiger charge is 1.81. The molecule has 0 aromatic heterocycles. The van der Waals surface area contributed by atoms with Crippen LogP contribution in [0.3, 0.4) is 0 Å². The van der Waals surface area contributed by atoms with Crippen LogP contribution in [0, 0.1) is 0 Å². The third kappa shape index (κ3) is 2.96. The summed E-state index contributed by atoms with van der Waals surface area (Å²) in [7, 11) is 1.63. The lowest BCUT2D eigenvalue weighted by molar-refractivity contribution is 0.209. The molecule has 0 saturated carbocycles. The van der Waals surface area contributed by atoms with Crippen LogP contribution in [0.15, 0.2) is 35.3 Å². The lowest BCUT2D eigenvalue weighted by Gasteiger charge is -1.90. The van der Waals surface area contributed by atoms with E-state index < -0.39 is 0 Å². The maximum absolute atomic E-state index is 4.77. The van der Waals surface area contributed by atoms with Crippen LogP contribution in [0.1, 0.15) is 5.56 Å². The Morgan fingerprint density at radius 1 is 1.36 bits per heavy atom. The fourth-order valence-electron chi connectivity index (χ4n) is 0.756. The van der Waals surface area contributed by atoms with E-state index in [0.717, 1.165) is 5.56 Å². The fourth-order valence-corrected chi connectivity index (χ4v) is 0.756. The maximum Gasteiger partial charge on any atom is 0.137 e. The largest absolute Gasteiger partial charge is 0.363 e. The molecule has 0 aliphatic rings. The highest BCUT2D eigenvalue weighted by atomic mass is 16.5. The number of nitrogens with zero attached hydrogens (tertiary/aromatic N) is 1. The molecule has 0 N–H and O–H groups in total. The zero-order valence-corrected chi connectivity index (χ0v) is 6.53. The molecule has 0 radical (unpaired) electrons. The first-order valence-electron chi connectivity index (χ1n) is 3.47. The van der Waals surface area contributed by atoms with Gasteiger partial charge in [-0.15, -0.1) is 0 Å². The highest BCUT2D eigenvalue weighted by molar-refractivity contribution is 5.79. The van der Waals surface area contributed by atoms with Crippen molar-refractivity contribution in [3.8, 4) is 0 Å². The Bertz CT molecular complexity index is 218. The van der Waals surface area contributed by atoms with Crippen LogP contribution in [0.25, 0.3) is 0 Å². The molecule has 1 aromatic rings. The second-order valence-corrected chi connectivity index (χ2v) is 2.14. The van der Waals surface area contributed by atoms with Crippen molar-refractivity contribution >= 4 is 6.21 Å². The summed E-state index contributed by atoms with van der Waals surface area (Å²) in [6.07, 6.45) is 1.80. The van der Waals surface area contributed by atoms with Crippen molar-refractivity contribution in [2.24, 2.45) is 4.99 Å². The number of ether oxygens (including phenoxy) is 1. The second kappa shape index (κ2) is 4.63. The number of rotatable bonds is 3. The van der Waals surface area contributed by atoms with Gasteiger partial charge in [-0.2, -0.15) is 0 Å². The second-order valence-electron chi connectivity index (χ2n) is 2.14. The molecule has 0 fully saturated rings. The molecule has 2 nitrogen and oxygen atoms in total. The van der Waals surface area contributed by atoms with Gasteiger partial charge in [0.2, 0.25) is 0 Å². The molecule has 0 heterocycles. The molecule has 1 rings (SSSR count). The minimum atomic E-state index is 0.425. The van der Waals surface area contributed by atoms with Gasteiger partial charge in [0.15, 0.2) is 0 Å². The smallest absolute Gasteiger partial charge is 0.137 e. The van der Waals surface area contributed by atoms with Gasteiger partial charge < -0.3 is 4.74 Å². The molecule has 1 aromatic carbocycles. The average molecular weight is 149 g/mol. The molecule has 0 atom stereocenters. The van der Waals surface area contributed by atoms with Gasteiger partial charge in [-0.05, 0) is 5.56 Å². The molecule has 58 valence electrons. The summed E-state index contributed by atoms with van der Waals surface area (Å²) in [4.78, 5) is 4.01. The summed E-state index contributed by atoms with van der Waals surface area (Å²) in [6.45, 7) is 0.425. The Kier molecular flexibility index (Phi) is 3.35. The summed E-state index contributed by atoms with van der Waals surface area (Å²) in [6, 6.07) is 9.94. The summed E-state index contributed by atoms with van der Waals surface area (Å²) in [5, 5.41) is 0. The standard InChI is InChI=1S/C9H11NO/c1-11-8-10-7-9-5-3-2-4-6-9/h2-7H,8H2,1H3. The predicted molar refractivity (Wildman–Crippen MR) is 45.9 cm³/mol. The van der Waals surface area contributed by atoms with E-state index in [9.17, 15) is 0 Å². The van der Waals surface area contributed by atoms with Gasteiger partial charge in [0, 0.05) is 13.3 Å². The van der Waals surface area contributed by atoms with Crippen LogP contribution in [0.4, 0.5) is 0 Å². The third-order valence-electron chi connectivity index (χ3n) is 1.24. The third-order valence-corrected chi connectivity index (χ3v) is 1.24. The molecular weight excluding hydrogens is 138 g/mol. The molecular formula is C9H11NO. The van der Waals surface area contributed by atoms with E-state index in [1.165, 1.54) is 0 Å². The van der Waals surface area contributed by atoms with Crippen molar-refractivity contribution in [1.29, 1.82) is 0 Å². The molecule has 0 amide bonds. The Morgan fingerprint density at radius 3 is 2.73 bits per heavy atom. The van der Waals surface area contributed by atoms with Crippen LogP contribution in [0.5, 0.6) is 0 Å². The Hall–Kier alpha value is -1.15. The quantitative estimate of drug-likeness (QED) is 0.599. The summed E-state index contributed by atoms with van der Waals surface area (Å²) < 4.78 is 4.77. The first-order valence-corrected chi connectivity index (χ1v) is 3.47. The molecule has 2 heteroatoms. The topological polar surface area (TPSA) is 21.6 Å². The lowest BCUT2D eigenvalue weighted by Crippen LogP contribution is -1.85. The van der Waals surface area contributed by atoms with Gasteiger partial charge in [-0.3, -0.25) is 4.99 Å². The molecule has 0 saturated heterocycles. The van der Waals surface area contributed by atoms with Crippen LogP contribution >= 0.6 is 0 Å². The van der Waals surface area contributed by atoms with Crippen molar-refractivity contribution in [2.45, 2.75) is 0 Å². The van der Waals surface area contributed by atoms with Gasteiger partial charge in [-0.25, -0.2) is 0 Å². The van der Waals surface area contributed by atoms with E-state index in [2.05, 4.69) is 4.99 Å². The van der Waals surface area contributed by atoms with Gasteiger partial charge >= 0.3 is 0 Å². The van der Waals surface area contributed by atoms with Crippen LogP contribution in [-0.4, -0.2) is 20.1 Å². The molecule has 0 aliphatic carbocycles. The SMILES string of the molecule is COCN=Cc1ccccc1. The molecule has 0 bridgehead atoms. The summed E-state index contributed by atoms with van der Waals surface area (Å²) in [5.41, 5.74) is 1.10. The van der Waals surface area contributed by atoms with Crippen molar-refractivity contribution in [3.63, 3.8) is 0 Å². The zero-order valence-electron chi connectivity index (χ0n) is 6.53. The van der Waals surface area contributed by atoms with E-state index in [1.807, 2.05) is 30.3 Å². The van der Waals surface area contributed by atoms with Gasteiger partial charge in [0.25, 0.3) is 0 Å². The number of hydrogen-bond donors (Lipinski definition) is 0. The Labute approximate surface area is 66.5 Å². The van der Waals surface area contributed by atoms with Gasteiger partial charge in [-0.1, -0.05) is 30.3 Å². The maximum atomic E-state index is 4.77. The lowest BCUT2D eigenvalue weighted by atomic mass is 10.2. The first kappa shape index (κ1) is 7.95. The van der Waals surface area contributed by atoms with Gasteiger partial charge in [0.05, 0.1) is 0 Å². The van der Waals surface area contributed by atoms with Crippen LogP contribution in [0.2, 0.25) is 0 Å².